The fourth-order valence-electron chi connectivity index (χ4n) is 0.896. The van der Waals surface area contributed by atoms with Crippen LogP contribution in [0.1, 0.15) is 16.8 Å². The number of benzene rings is 1. The average molecular weight is 170 g/mol. The van der Waals surface area contributed by atoms with Gasteiger partial charge in [0.25, 0.3) is 0 Å². The van der Waals surface area contributed by atoms with Gasteiger partial charge in [-0.25, -0.2) is 4.85 Å². The summed E-state index contributed by atoms with van der Waals surface area (Å²) >= 11 is 0. The molecule has 1 aromatic rings. The summed E-state index contributed by atoms with van der Waals surface area (Å²) in [5.41, 5.74) is 0.974. The number of ketones is 1. The number of Topliss-reactive ketones (excluding diaryl/α,β-unsaturated/α-hetero) is 1. The molecule has 0 unspecified atom stereocenters. The molecule has 13 heavy (non-hydrogen) atoms. The van der Waals surface area contributed by atoms with Gasteiger partial charge >= 0.3 is 0 Å². The molecular formula is C10H6N2O. The minimum Gasteiger partial charge on any atom is -0.293 e. The fraction of sp³-hybridized carbons (Fsp3) is 0.100. The molecule has 62 valence electrons. The number of hydrogen-bond acceptors (Lipinski definition) is 2. The van der Waals surface area contributed by atoms with Crippen LogP contribution in [0.2, 0.25) is 0 Å². The van der Waals surface area contributed by atoms with Crippen molar-refractivity contribution >= 4 is 11.5 Å². The molecule has 0 N–H and O–H groups in total. The lowest BCUT2D eigenvalue weighted by Crippen LogP contribution is -1.95. The lowest BCUT2D eigenvalue weighted by molar-refractivity contribution is 0.0998. The van der Waals surface area contributed by atoms with E-state index in [2.05, 4.69) is 4.85 Å². The van der Waals surface area contributed by atoms with Gasteiger partial charge in [-0.3, -0.25) is 4.79 Å². The van der Waals surface area contributed by atoms with Crippen molar-refractivity contribution in [3.05, 3.63) is 41.2 Å². The fourth-order valence-corrected chi connectivity index (χ4v) is 0.896. The summed E-state index contributed by atoms with van der Waals surface area (Å²) < 4.78 is 0. The van der Waals surface area contributed by atoms with Crippen LogP contribution in [0.15, 0.2) is 24.3 Å². The zero-order valence-corrected chi connectivity index (χ0v) is 6.82. The number of carbonyl (C=O) groups excluding carboxylic acids is 1. The first-order chi connectivity index (χ1) is 6.27. The van der Waals surface area contributed by atoms with E-state index in [-0.39, 0.29) is 12.2 Å². The third kappa shape index (κ3) is 2.15. The molecule has 0 amide bonds. The Labute approximate surface area is 76.0 Å². The number of nitriles is 1. The molecule has 0 aromatic heterocycles. The molecule has 0 heterocycles. The van der Waals surface area contributed by atoms with Gasteiger partial charge in [0.2, 0.25) is 0 Å². The van der Waals surface area contributed by atoms with E-state index in [1.54, 1.807) is 30.3 Å². The predicted octanol–water partition coefficient (Wildman–Crippen LogP) is 2.33. The van der Waals surface area contributed by atoms with Gasteiger partial charge in [0.15, 0.2) is 11.5 Å². The van der Waals surface area contributed by atoms with Crippen molar-refractivity contribution in [3.8, 4) is 6.07 Å². The summed E-state index contributed by atoms with van der Waals surface area (Å²) in [6.07, 6.45) is -0.114. The van der Waals surface area contributed by atoms with Crippen molar-refractivity contribution in [3.63, 3.8) is 0 Å². The molecule has 0 aliphatic heterocycles. The highest BCUT2D eigenvalue weighted by Gasteiger charge is 2.03. The minimum absolute atomic E-state index is 0.114. The van der Waals surface area contributed by atoms with E-state index in [0.717, 1.165) is 0 Å². The van der Waals surface area contributed by atoms with E-state index in [1.165, 1.54) is 0 Å². The SMILES string of the molecule is [C-]#[N+]c1ccc(C(=O)CC#N)cc1. The summed E-state index contributed by atoms with van der Waals surface area (Å²) in [5.74, 6) is -0.209. The predicted molar refractivity (Wildman–Crippen MR) is 47.3 cm³/mol. The maximum Gasteiger partial charge on any atom is 0.187 e. The second kappa shape index (κ2) is 4.04. The molecule has 0 spiro atoms. The number of hydrogen-bond donors (Lipinski definition) is 0. The van der Waals surface area contributed by atoms with Crippen LogP contribution in [0.5, 0.6) is 0 Å². The first-order valence-corrected chi connectivity index (χ1v) is 3.65. The Hall–Kier alpha value is -2.13. The smallest absolute Gasteiger partial charge is 0.187 e. The molecule has 0 aliphatic rings. The maximum atomic E-state index is 11.1. The van der Waals surface area contributed by atoms with Crippen LogP contribution in [0.4, 0.5) is 5.69 Å². The molecule has 0 atom stereocenters. The van der Waals surface area contributed by atoms with E-state index in [9.17, 15) is 4.79 Å². The Balaban J connectivity index is 2.89. The normalized spacial score (nSPS) is 8.46. The maximum absolute atomic E-state index is 11.1. The summed E-state index contributed by atoms with van der Waals surface area (Å²) in [4.78, 5) is 14.3. The van der Waals surface area contributed by atoms with Crippen molar-refractivity contribution < 1.29 is 4.79 Å². The lowest BCUT2D eigenvalue weighted by Gasteiger charge is -1.95. The summed E-state index contributed by atoms with van der Waals surface area (Å²) in [7, 11) is 0. The van der Waals surface area contributed by atoms with Crippen LogP contribution in [0.3, 0.4) is 0 Å². The molecule has 1 aromatic carbocycles. The monoisotopic (exact) mass is 170 g/mol. The Bertz CT molecular complexity index is 392. The zero-order chi connectivity index (χ0) is 9.68. The number of nitrogens with zero attached hydrogens (tertiary/aromatic N) is 2. The molecule has 0 radical (unpaired) electrons. The van der Waals surface area contributed by atoms with Crippen LogP contribution < -0.4 is 0 Å². The van der Waals surface area contributed by atoms with Gasteiger partial charge in [0.05, 0.1) is 19.1 Å². The number of carbonyl (C=O) groups is 1. The van der Waals surface area contributed by atoms with E-state index >= 15 is 0 Å². The standard InChI is InChI=1S/C10H6N2O/c1-12-9-4-2-8(3-5-9)10(13)6-7-11/h2-5H,6H2. The van der Waals surface area contributed by atoms with E-state index in [1.807, 2.05) is 0 Å². The highest BCUT2D eigenvalue weighted by molar-refractivity contribution is 5.97. The zero-order valence-electron chi connectivity index (χ0n) is 6.82. The van der Waals surface area contributed by atoms with Crippen molar-refractivity contribution in [1.29, 1.82) is 5.26 Å². The molecule has 0 saturated heterocycles. The van der Waals surface area contributed by atoms with Gasteiger partial charge in [-0.05, 0) is 0 Å². The number of rotatable bonds is 2. The van der Waals surface area contributed by atoms with Gasteiger partial charge in [-0.15, -0.1) is 0 Å². The van der Waals surface area contributed by atoms with Crippen LogP contribution in [-0.4, -0.2) is 5.78 Å². The summed E-state index contributed by atoms with van der Waals surface area (Å²) in [5, 5.41) is 8.28. The van der Waals surface area contributed by atoms with Gasteiger partial charge < -0.3 is 0 Å². The first kappa shape index (κ1) is 8.96. The van der Waals surface area contributed by atoms with Crippen molar-refractivity contribution in [2.45, 2.75) is 6.42 Å². The van der Waals surface area contributed by atoms with Crippen LogP contribution in [0, 0.1) is 17.9 Å². The van der Waals surface area contributed by atoms with Crippen LogP contribution >= 0.6 is 0 Å². The van der Waals surface area contributed by atoms with Crippen molar-refractivity contribution in [2.24, 2.45) is 0 Å². The Morgan fingerprint density at radius 3 is 2.54 bits per heavy atom. The topological polar surface area (TPSA) is 45.2 Å². The molecule has 3 heteroatoms. The summed E-state index contributed by atoms with van der Waals surface area (Å²) in [6.45, 7) is 6.69. The Morgan fingerprint density at radius 1 is 1.46 bits per heavy atom. The third-order valence-corrected chi connectivity index (χ3v) is 1.56. The van der Waals surface area contributed by atoms with Crippen molar-refractivity contribution in [1.82, 2.24) is 0 Å². The first-order valence-electron chi connectivity index (χ1n) is 3.65. The van der Waals surface area contributed by atoms with E-state index in [0.29, 0.717) is 11.3 Å². The molecular weight excluding hydrogens is 164 g/mol. The van der Waals surface area contributed by atoms with Gasteiger partial charge in [-0.1, -0.05) is 24.3 Å². The van der Waals surface area contributed by atoms with Gasteiger partial charge in [-0.2, -0.15) is 5.26 Å². The molecule has 1 rings (SSSR count). The highest BCUT2D eigenvalue weighted by Crippen LogP contribution is 2.13. The average Bonchev–Trinajstić information content (AvgIpc) is 2.18. The van der Waals surface area contributed by atoms with Crippen molar-refractivity contribution in [2.75, 3.05) is 0 Å². The quantitative estimate of drug-likeness (QED) is 0.505. The molecule has 0 saturated carbocycles. The van der Waals surface area contributed by atoms with Crippen LogP contribution in [0.25, 0.3) is 4.85 Å². The van der Waals surface area contributed by atoms with E-state index in [4.69, 9.17) is 11.8 Å². The third-order valence-electron chi connectivity index (χ3n) is 1.56. The lowest BCUT2D eigenvalue weighted by atomic mass is 10.1. The Kier molecular flexibility index (Phi) is 2.78. The molecule has 0 fully saturated rings. The largest absolute Gasteiger partial charge is 0.293 e. The van der Waals surface area contributed by atoms with E-state index < -0.39 is 0 Å². The summed E-state index contributed by atoms with van der Waals surface area (Å²) in [6, 6.07) is 8.04. The molecule has 0 aliphatic carbocycles. The minimum atomic E-state index is -0.209. The van der Waals surface area contributed by atoms with Gasteiger partial charge in [0, 0.05) is 5.56 Å². The van der Waals surface area contributed by atoms with Gasteiger partial charge in [0.1, 0.15) is 0 Å². The molecule has 0 bridgehead atoms. The van der Waals surface area contributed by atoms with Crippen LogP contribution in [-0.2, 0) is 0 Å². The highest BCUT2D eigenvalue weighted by atomic mass is 16.1. The second-order valence-electron chi connectivity index (χ2n) is 2.42. The Morgan fingerprint density at radius 2 is 2.08 bits per heavy atom. The molecule has 3 nitrogen and oxygen atoms in total. The second-order valence-corrected chi connectivity index (χ2v) is 2.42.